The summed E-state index contributed by atoms with van der Waals surface area (Å²) in [4.78, 5) is 13.7. The molecular weight excluding hydrogens is 375 g/mol. The molecule has 0 saturated carbocycles. The van der Waals surface area contributed by atoms with Crippen LogP contribution in [0.5, 0.6) is 5.75 Å². The highest BCUT2D eigenvalue weighted by Crippen LogP contribution is 2.25. The van der Waals surface area contributed by atoms with Crippen LogP contribution < -0.4 is 10.1 Å². The largest absolute Gasteiger partial charge is 0.494 e. The van der Waals surface area contributed by atoms with E-state index in [0.29, 0.717) is 37.2 Å². The molecule has 8 heteroatoms. The molecule has 1 aromatic rings. The Bertz CT molecular complexity index is 484. The summed E-state index contributed by atoms with van der Waals surface area (Å²) in [6.45, 7) is 6.71. The maximum atomic E-state index is 11.6. The molecule has 0 saturated heterocycles. The molecule has 138 valence electrons. The molecule has 0 aliphatic rings. The molecular formula is C16H25Cl3N2O3. The summed E-state index contributed by atoms with van der Waals surface area (Å²) in [5.41, 5.74) is 1.63. The van der Waals surface area contributed by atoms with E-state index in [1.165, 1.54) is 0 Å². The quantitative estimate of drug-likeness (QED) is 0.594. The minimum Gasteiger partial charge on any atom is -0.494 e. The SMILES string of the molecule is CCOC(=O)Nc1ccc(OCC)c(CN(CCCl)CCCl)c1.Cl. The van der Waals surface area contributed by atoms with Crippen molar-refractivity contribution in [1.29, 1.82) is 0 Å². The number of benzene rings is 1. The highest BCUT2D eigenvalue weighted by molar-refractivity contribution is 6.18. The van der Waals surface area contributed by atoms with Gasteiger partial charge >= 0.3 is 6.09 Å². The molecule has 1 N–H and O–H groups in total. The Morgan fingerprint density at radius 2 is 1.83 bits per heavy atom. The maximum Gasteiger partial charge on any atom is 0.411 e. The van der Waals surface area contributed by atoms with E-state index in [9.17, 15) is 4.79 Å². The van der Waals surface area contributed by atoms with Crippen molar-refractivity contribution in [1.82, 2.24) is 4.90 Å². The van der Waals surface area contributed by atoms with Crippen LogP contribution in [0.2, 0.25) is 0 Å². The minimum atomic E-state index is -0.471. The Labute approximate surface area is 160 Å². The van der Waals surface area contributed by atoms with Crippen LogP contribution in [-0.2, 0) is 11.3 Å². The molecule has 0 fully saturated rings. The van der Waals surface area contributed by atoms with E-state index in [4.69, 9.17) is 32.7 Å². The van der Waals surface area contributed by atoms with Crippen molar-refractivity contribution in [3.05, 3.63) is 23.8 Å². The van der Waals surface area contributed by atoms with Gasteiger partial charge in [0, 0.05) is 42.6 Å². The van der Waals surface area contributed by atoms with Gasteiger partial charge < -0.3 is 9.47 Å². The predicted octanol–water partition coefficient (Wildman–Crippen LogP) is 4.36. The minimum absolute atomic E-state index is 0. The number of halogens is 3. The molecule has 0 heterocycles. The second-order valence-electron chi connectivity index (χ2n) is 4.76. The average Bonchev–Trinajstić information content (AvgIpc) is 2.51. The molecule has 0 bridgehead atoms. The fourth-order valence-electron chi connectivity index (χ4n) is 2.11. The van der Waals surface area contributed by atoms with Crippen molar-refractivity contribution in [3.8, 4) is 5.75 Å². The third-order valence-corrected chi connectivity index (χ3v) is 3.42. The Hall–Kier alpha value is -0.880. The molecule has 0 aromatic heterocycles. The van der Waals surface area contributed by atoms with Gasteiger partial charge in [0.15, 0.2) is 0 Å². The molecule has 0 aliphatic carbocycles. The number of hydrogen-bond donors (Lipinski definition) is 1. The lowest BCUT2D eigenvalue weighted by atomic mass is 10.1. The highest BCUT2D eigenvalue weighted by Gasteiger charge is 2.12. The van der Waals surface area contributed by atoms with E-state index in [2.05, 4.69) is 10.2 Å². The molecule has 5 nitrogen and oxygen atoms in total. The number of hydrogen-bond acceptors (Lipinski definition) is 4. The van der Waals surface area contributed by atoms with E-state index >= 15 is 0 Å². The van der Waals surface area contributed by atoms with Gasteiger partial charge in [-0.2, -0.15) is 0 Å². The number of carbonyl (C=O) groups is 1. The third kappa shape index (κ3) is 8.29. The Kier molecular flexibility index (Phi) is 12.9. The van der Waals surface area contributed by atoms with E-state index in [0.717, 1.165) is 24.4 Å². The Morgan fingerprint density at radius 1 is 1.17 bits per heavy atom. The molecule has 0 unspecified atom stereocenters. The van der Waals surface area contributed by atoms with Gasteiger partial charge in [-0.1, -0.05) is 0 Å². The van der Waals surface area contributed by atoms with Crippen LogP contribution in [0.1, 0.15) is 19.4 Å². The molecule has 24 heavy (non-hydrogen) atoms. The van der Waals surface area contributed by atoms with E-state index < -0.39 is 6.09 Å². The number of carbonyl (C=O) groups excluding carboxylic acids is 1. The second-order valence-corrected chi connectivity index (χ2v) is 5.51. The number of anilines is 1. The summed E-state index contributed by atoms with van der Waals surface area (Å²) >= 11 is 11.7. The maximum absolute atomic E-state index is 11.6. The number of alkyl halides is 2. The van der Waals surface area contributed by atoms with Gasteiger partial charge in [-0.15, -0.1) is 35.6 Å². The summed E-state index contributed by atoms with van der Waals surface area (Å²) in [5.74, 6) is 1.85. The van der Waals surface area contributed by atoms with Gasteiger partial charge in [-0.3, -0.25) is 10.2 Å². The molecule has 1 amide bonds. The fourth-order valence-corrected chi connectivity index (χ4v) is 2.59. The van der Waals surface area contributed by atoms with E-state index in [1.54, 1.807) is 13.0 Å². The summed E-state index contributed by atoms with van der Waals surface area (Å²) in [6.07, 6.45) is -0.471. The lowest BCUT2D eigenvalue weighted by molar-refractivity contribution is 0.168. The zero-order valence-electron chi connectivity index (χ0n) is 14.0. The summed E-state index contributed by atoms with van der Waals surface area (Å²) in [6, 6.07) is 5.52. The second kappa shape index (κ2) is 13.4. The first-order chi connectivity index (χ1) is 11.1. The zero-order valence-corrected chi connectivity index (χ0v) is 16.3. The van der Waals surface area contributed by atoms with Crippen LogP contribution in [0.3, 0.4) is 0 Å². The van der Waals surface area contributed by atoms with Gasteiger partial charge in [-0.05, 0) is 32.0 Å². The van der Waals surface area contributed by atoms with Crippen molar-refractivity contribution >= 4 is 47.4 Å². The number of rotatable bonds is 10. The Morgan fingerprint density at radius 3 is 2.38 bits per heavy atom. The standard InChI is InChI=1S/C16H24Cl2N2O3.ClH/c1-3-22-15-6-5-14(19-16(21)23-4-2)11-13(15)12-20(9-7-17)10-8-18;/h5-6,11H,3-4,7-10,12H2,1-2H3,(H,19,21);1H. The number of ether oxygens (including phenoxy) is 2. The number of amides is 1. The van der Waals surface area contributed by atoms with Crippen LogP contribution in [0.25, 0.3) is 0 Å². The topological polar surface area (TPSA) is 50.8 Å². The van der Waals surface area contributed by atoms with Crippen molar-refractivity contribution in [2.24, 2.45) is 0 Å². The molecule has 1 rings (SSSR count). The van der Waals surface area contributed by atoms with Crippen LogP contribution in [0.4, 0.5) is 10.5 Å². The summed E-state index contributed by atoms with van der Waals surface area (Å²) in [7, 11) is 0. The first-order valence-electron chi connectivity index (χ1n) is 7.68. The van der Waals surface area contributed by atoms with Crippen LogP contribution in [0, 0.1) is 0 Å². The first kappa shape index (κ1) is 23.1. The van der Waals surface area contributed by atoms with Gasteiger partial charge in [0.1, 0.15) is 5.75 Å². The fraction of sp³-hybridized carbons (Fsp3) is 0.562. The molecule has 0 spiro atoms. The normalized spacial score (nSPS) is 10.2. The van der Waals surface area contributed by atoms with Gasteiger partial charge in [0.25, 0.3) is 0 Å². The highest BCUT2D eigenvalue weighted by atomic mass is 35.5. The molecule has 0 atom stereocenters. The van der Waals surface area contributed by atoms with Crippen molar-refractivity contribution in [2.45, 2.75) is 20.4 Å². The number of nitrogens with one attached hydrogen (secondary N) is 1. The van der Waals surface area contributed by atoms with Gasteiger partial charge in [0.2, 0.25) is 0 Å². The lowest BCUT2D eigenvalue weighted by Gasteiger charge is -2.22. The third-order valence-electron chi connectivity index (χ3n) is 3.08. The smallest absolute Gasteiger partial charge is 0.411 e. The van der Waals surface area contributed by atoms with E-state index in [-0.39, 0.29) is 12.4 Å². The predicted molar refractivity (Wildman–Crippen MR) is 102 cm³/mol. The number of nitrogens with zero attached hydrogens (tertiary/aromatic N) is 1. The van der Waals surface area contributed by atoms with Crippen molar-refractivity contribution in [2.75, 3.05) is 43.4 Å². The Balaban J connectivity index is 0.00000529. The summed E-state index contributed by atoms with van der Waals surface area (Å²) in [5, 5.41) is 2.70. The van der Waals surface area contributed by atoms with Crippen molar-refractivity contribution < 1.29 is 14.3 Å². The molecule has 0 radical (unpaired) electrons. The molecule has 1 aromatic carbocycles. The average molecular weight is 400 g/mol. The van der Waals surface area contributed by atoms with E-state index in [1.807, 2.05) is 19.1 Å². The van der Waals surface area contributed by atoms with Gasteiger partial charge in [-0.25, -0.2) is 4.79 Å². The zero-order chi connectivity index (χ0) is 17.1. The lowest BCUT2D eigenvalue weighted by Crippen LogP contribution is -2.27. The van der Waals surface area contributed by atoms with Crippen LogP contribution >= 0.6 is 35.6 Å². The monoisotopic (exact) mass is 398 g/mol. The molecule has 0 aliphatic heterocycles. The van der Waals surface area contributed by atoms with Crippen LogP contribution in [0.15, 0.2) is 18.2 Å². The van der Waals surface area contributed by atoms with Gasteiger partial charge in [0.05, 0.1) is 13.2 Å². The van der Waals surface area contributed by atoms with Crippen LogP contribution in [-0.4, -0.2) is 49.1 Å². The first-order valence-corrected chi connectivity index (χ1v) is 8.75. The van der Waals surface area contributed by atoms with Crippen molar-refractivity contribution in [3.63, 3.8) is 0 Å². The summed E-state index contributed by atoms with van der Waals surface area (Å²) < 4.78 is 10.6.